The second-order valence-corrected chi connectivity index (χ2v) is 4.85. The predicted molar refractivity (Wildman–Crippen MR) is 121 cm³/mol. The van der Waals surface area contributed by atoms with E-state index in [-0.39, 0.29) is 49.6 Å². The van der Waals surface area contributed by atoms with Gasteiger partial charge in [0.2, 0.25) is 0 Å². The van der Waals surface area contributed by atoms with Crippen LogP contribution in [0.1, 0.15) is 0 Å². The van der Waals surface area contributed by atoms with Crippen LogP contribution in [0.15, 0.2) is 48.5 Å². The summed E-state index contributed by atoms with van der Waals surface area (Å²) in [5.41, 5.74) is 15.0. The highest BCUT2D eigenvalue weighted by molar-refractivity contribution is 5.86. The Hall–Kier alpha value is -1.24. The summed E-state index contributed by atoms with van der Waals surface area (Å²) in [6.07, 6.45) is 0. The largest absolute Gasteiger partial charge is 0.399 e. The Labute approximate surface area is 174 Å². The number of benzene rings is 2. The zero-order chi connectivity index (χ0) is 14.9. The molecule has 0 radical (unpaired) electrons. The molecule has 0 fully saturated rings. The molecule has 2 rings (SSSR count). The topological polar surface area (TPSA) is 88.1 Å². The van der Waals surface area contributed by atoms with Crippen molar-refractivity contribution in [2.24, 2.45) is 0 Å². The van der Waals surface area contributed by atoms with Gasteiger partial charge in [0, 0.05) is 48.9 Å². The molecule has 7 N–H and O–H groups in total. The molecule has 0 aliphatic carbocycles. The summed E-state index contributed by atoms with van der Waals surface area (Å²) in [5, 5.41) is 10.0. The number of nitrogens with one attached hydrogen (secondary N) is 3. The third kappa shape index (κ3) is 11.9. The van der Waals surface area contributed by atoms with Crippen LogP contribution in [-0.2, 0) is 0 Å². The molecule has 5 nitrogen and oxygen atoms in total. The van der Waals surface area contributed by atoms with Crippen molar-refractivity contribution in [3.05, 3.63) is 48.5 Å². The van der Waals surface area contributed by atoms with E-state index in [1.54, 1.807) is 0 Å². The van der Waals surface area contributed by atoms with E-state index in [9.17, 15) is 0 Å². The molecule has 0 aliphatic heterocycles. The van der Waals surface area contributed by atoms with Gasteiger partial charge in [-0.2, -0.15) is 0 Å². The lowest BCUT2D eigenvalue weighted by molar-refractivity contribution is 0.719. The van der Waals surface area contributed by atoms with Gasteiger partial charge < -0.3 is 27.4 Å². The highest BCUT2D eigenvalue weighted by Crippen LogP contribution is 2.10. The Morgan fingerprint density at radius 3 is 1.16 bits per heavy atom. The van der Waals surface area contributed by atoms with E-state index in [0.29, 0.717) is 0 Å². The molecule has 0 unspecified atom stereocenters. The summed E-state index contributed by atoms with van der Waals surface area (Å²) in [7, 11) is 0. The van der Waals surface area contributed by atoms with Crippen molar-refractivity contribution in [2.45, 2.75) is 0 Å². The van der Waals surface area contributed by atoms with E-state index in [1.165, 1.54) is 0 Å². The molecule has 0 amide bonds. The summed E-state index contributed by atoms with van der Waals surface area (Å²) in [6, 6.07) is 15.5. The third-order valence-electron chi connectivity index (χ3n) is 3.08. The van der Waals surface area contributed by atoms with E-state index in [0.717, 1.165) is 48.9 Å². The zero-order valence-electron chi connectivity index (χ0n) is 13.7. The van der Waals surface area contributed by atoms with Crippen molar-refractivity contribution in [1.82, 2.24) is 5.32 Å². The van der Waals surface area contributed by atoms with E-state index < -0.39 is 0 Å². The molecule has 0 saturated carbocycles. The predicted octanol–water partition coefficient (Wildman–Crippen LogP) is 3.65. The number of nitrogens with two attached hydrogens (primary N) is 2. The molecule has 0 saturated heterocycles. The second-order valence-electron chi connectivity index (χ2n) is 4.85. The Bertz CT molecular complexity index is 488. The summed E-state index contributed by atoms with van der Waals surface area (Å²) < 4.78 is 0. The molecule has 0 atom stereocenters. The highest BCUT2D eigenvalue weighted by Gasteiger charge is 1.93. The Balaban J connectivity index is -0.00000121. The molecule has 0 spiro atoms. The maximum Gasteiger partial charge on any atom is 0.0342 e. The van der Waals surface area contributed by atoms with Gasteiger partial charge in [-0.25, -0.2) is 0 Å². The number of anilines is 4. The van der Waals surface area contributed by atoms with Crippen LogP contribution in [0.4, 0.5) is 22.7 Å². The first-order chi connectivity index (χ1) is 10.2. The molecule has 0 bridgehead atoms. The first kappa shape index (κ1) is 28.6. The van der Waals surface area contributed by atoms with Gasteiger partial charge in [0.15, 0.2) is 0 Å². The summed E-state index contributed by atoms with van der Waals surface area (Å²) in [6.45, 7) is 3.58. The number of nitrogen functional groups attached to an aromatic ring is 2. The summed E-state index contributed by atoms with van der Waals surface area (Å²) >= 11 is 0. The van der Waals surface area contributed by atoms with Crippen molar-refractivity contribution in [3.8, 4) is 0 Å². The smallest absolute Gasteiger partial charge is 0.0342 e. The Kier molecular flexibility index (Phi) is 18.6. The number of hydrogen-bond acceptors (Lipinski definition) is 5. The quantitative estimate of drug-likeness (QED) is 0.326. The SMILES string of the molecule is Cl.Cl.Cl.Cl.Nc1ccc(NCCNCCNc2ccc(N)cc2)cc1. The standard InChI is InChI=1S/C16H23N5.4ClH/c17-13-1-5-15(6-2-13)20-11-9-19-10-12-21-16-7-3-14(18)4-8-16;;;;/h1-8,19-21H,9-12,17-18H2;4*1H. The molecule has 2 aromatic carbocycles. The normalized spacial score (nSPS) is 8.64. The Morgan fingerprint density at radius 2 is 0.840 bits per heavy atom. The zero-order valence-corrected chi connectivity index (χ0v) is 17.0. The minimum Gasteiger partial charge on any atom is -0.399 e. The monoisotopic (exact) mass is 429 g/mol. The lowest BCUT2D eigenvalue weighted by atomic mass is 10.3. The van der Waals surface area contributed by atoms with Crippen molar-refractivity contribution in [3.63, 3.8) is 0 Å². The van der Waals surface area contributed by atoms with Gasteiger partial charge in [-0.05, 0) is 48.5 Å². The molecular weight excluding hydrogens is 404 g/mol. The number of hydrogen-bond donors (Lipinski definition) is 5. The molecule has 2 aromatic rings. The van der Waals surface area contributed by atoms with Crippen LogP contribution < -0.4 is 27.4 Å². The van der Waals surface area contributed by atoms with Crippen LogP contribution >= 0.6 is 49.6 Å². The highest BCUT2D eigenvalue weighted by atomic mass is 35.5. The van der Waals surface area contributed by atoms with Crippen LogP contribution in [0.2, 0.25) is 0 Å². The fourth-order valence-corrected chi connectivity index (χ4v) is 1.92. The maximum atomic E-state index is 5.64. The third-order valence-corrected chi connectivity index (χ3v) is 3.08. The van der Waals surface area contributed by atoms with Gasteiger partial charge in [0.05, 0.1) is 0 Å². The minimum atomic E-state index is 0. The van der Waals surface area contributed by atoms with E-state index in [4.69, 9.17) is 11.5 Å². The number of rotatable bonds is 8. The molecule has 0 heterocycles. The van der Waals surface area contributed by atoms with Crippen LogP contribution in [0, 0.1) is 0 Å². The van der Waals surface area contributed by atoms with Crippen molar-refractivity contribution in [2.75, 3.05) is 48.3 Å². The first-order valence-electron chi connectivity index (χ1n) is 7.13. The maximum absolute atomic E-state index is 5.64. The molecule has 9 heteroatoms. The van der Waals surface area contributed by atoms with Crippen LogP contribution in [0.5, 0.6) is 0 Å². The lowest BCUT2D eigenvalue weighted by Crippen LogP contribution is -2.27. The van der Waals surface area contributed by atoms with Crippen molar-refractivity contribution < 1.29 is 0 Å². The Morgan fingerprint density at radius 1 is 0.520 bits per heavy atom. The average Bonchev–Trinajstić information content (AvgIpc) is 2.50. The van der Waals surface area contributed by atoms with Gasteiger partial charge >= 0.3 is 0 Å². The van der Waals surface area contributed by atoms with Gasteiger partial charge in [0.25, 0.3) is 0 Å². The summed E-state index contributed by atoms with van der Waals surface area (Å²) in [4.78, 5) is 0. The van der Waals surface area contributed by atoms with Crippen molar-refractivity contribution >= 4 is 72.4 Å². The average molecular weight is 431 g/mol. The van der Waals surface area contributed by atoms with Gasteiger partial charge in [-0.15, -0.1) is 49.6 Å². The van der Waals surface area contributed by atoms with E-state index >= 15 is 0 Å². The van der Waals surface area contributed by atoms with Crippen LogP contribution in [0.25, 0.3) is 0 Å². The first-order valence-corrected chi connectivity index (χ1v) is 7.13. The van der Waals surface area contributed by atoms with Crippen LogP contribution in [0.3, 0.4) is 0 Å². The van der Waals surface area contributed by atoms with E-state index in [2.05, 4.69) is 16.0 Å². The molecule has 0 aromatic heterocycles. The number of halogens is 4. The van der Waals surface area contributed by atoms with Gasteiger partial charge in [-0.3, -0.25) is 0 Å². The van der Waals surface area contributed by atoms with Gasteiger partial charge in [-0.1, -0.05) is 0 Å². The fourth-order valence-electron chi connectivity index (χ4n) is 1.92. The van der Waals surface area contributed by atoms with Gasteiger partial charge in [0.1, 0.15) is 0 Å². The summed E-state index contributed by atoms with van der Waals surface area (Å²) in [5.74, 6) is 0. The fraction of sp³-hybridized carbons (Fsp3) is 0.250. The molecular formula is C16H27Cl4N5. The van der Waals surface area contributed by atoms with Crippen molar-refractivity contribution in [1.29, 1.82) is 0 Å². The molecule has 25 heavy (non-hydrogen) atoms. The second kappa shape index (κ2) is 16.2. The molecule has 144 valence electrons. The van der Waals surface area contributed by atoms with Crippen LogP contribution in [-0.4, -0.2) is 26.2 Å². The minimum absolute atomic E-state index is 0. The van der Waals surface area contributed by atoms with E-state index in [1.807, 2.05) is 48.5 Å². The molecule has 0 aliphatic rings. The lowest BCUT2D eigenvalue weighted by Gasteiger charge is -2.09.